The van der Waals surface area contributed by atoms with E-state index in [2.05, 4.69) is 10.6 Å². The Balaban J connectivity index is 1.93. The smallest absolute Gasteiger partial charge is 0.271 e. The molecule has 8 heteroatoms. The van der Waals surface area contributed by atoms with Crippen LogP contribution in [0, 0.1) is 0 Å². The molecule has 0 saturated carbocycles. The second-order valence-electron chi connectivity index (χ2n) is 5.06. The number of carbonyl (C=O) groups is 2. The average molecular weight is 392 g/mol. The molecule has 2 amide bonds. The molecule has 0 radical (unpaired) electrons. The molecule has 1 fully saturated rings. The molecule has 1 aliphatic rings. The van der Waals surface area contributed by atoms with E-state index in [-0.39, 0.29) is 10.7 Å². The van der Waals surface area contributed by atoms with E-state index in [9.17, 15) is 9.59 Å². The summed E-state index contributed by atoms with van der Waals surface area (Å²) >= 11 is 17.2. The third kappa shape index (κ3) is 3.66. The monoisotopic (exact) mass is 391 g/mol. The highest BCUT2D eigenvalue weighted by Gasteiger charge is 2.35. The summed E-state index contributed by atoms with van der Waals surface area (Å²) in [7, 11) is 0. The third-order valence-corrected chi connectivity index (χ3v) is 4.24. The zero-order valence-corrected chi connectivity index (χ0v) is 15.0. The van der Waals surface area contributed by atoms with Crippen LogP contribution in [0.2, 0.25) is 10.0 Å². The van der Waals surface area contributed by atoms with Gasteiger partial charge >= 0.3 is 0 Å². The van der Waals surface area contributed by atoms with Crippen LogP contribution in [0.3, 0.4) is 0 Å². The Labute approximate surface area is 159 Å². The second-order valence-corrected chi connectivity index (χ2v) is 6.29. The number of rotatable bonds is 3. The molecule has 0 atom stereocenters. The second kappa shape index (κ2) is 7.23. The number of nitrogens with one attached hydrogen (secondary N) is 2. The lowest BCUT2D eigenvalue weighted by Crippen LogP contribution is -2.54. The molecule has 1 heterocycles. The van der Waals surface area contributed by atoms with Gasteiger partial charge in [0.05, 0.1) is 10.7 Å². The average Bonchev–Trinajstić information content (AvgIpc) is 2.56. The number of carbonyl (C=O) groups excluding carboxylic acids is 2. The summed E-state index contributed by atoms with van der Waals surface area (Å²) in [5.74, 6) is -1.16. The van der Waals surface area contributed by atoms with Crippen LogP contribution in [-0.2, 0) is 9.59 Å². The minimum atomic E-state index is -0.590. The molecular formula is C17H11Cl2N3O2S. The quantitative estimate of drug-likeness (QED) is 0.475. The SMILES string of the molecule is O=C1NC(=S)N(c2ccccc2Cl)C(=O)C1=CNc1cccc(Cl)c1. The maximum absolute atomic E-state index is 12.8. The molecule has 2 N–H and O–H groups in total. The van der Waals surface area contributed by atoms with Crippen molar-refractivity contribution >= 4 is 63.7 Å². The molecule has 126 valence electrons. The van der Waals surface area contributed by atoms with Crippen LogP contribution in [0.4, 0.5) is 11.4 Å². The van der Waals surface area contributed by atoms with Gasteiger partial charge in [-0.25, -0.2) is 0 Å². The van der Waals surface area contributed by atoms with Gasteiger partial charge in [-0.3, -0.25) is 19.8 Å². The van der Waals surface area contributed by atoms with Crippen LogP contribution < -0.4 is 15.5 Å². The van der Waals surface area contributed by atoms with Gasteiger partial charge in [-0.1, -0.05) is 41.4 Å². The van der Waals surface area contributed by atoms with Crippen molar-refractivity contribution in [3.05, 3.63) is 70.3 Å². The first-order chi connectivity index (χ1) is 12.0. The van der Waals surface area contributed by atoms with Crippen molar-refractivity contribution in [2.75, 3.05) is 10.2 Å². The van der Waals surface area contributed by atoms with Crippen molar-refractivity contribution in [3.8, 4) is 0 Å². The van der Waals surface area contributed by atoms with E-state index < -0.39 is 11.8 Å². The largest absolute Gasteiger partial charge is 0.361 e. The minimum Gasteiger partial charge on any atom is -0.361 e. The summed E-state index contributed by atoms with van der Waals surface area (Å²) in [5, 5.41) is 6.22. The molecule has 0 aromatic heterocycles. The fraction of sp³-hybridized carbons (Fsp3) is 0. The van der Waals surface area contributed by atoms with Gasteiger partial charge in [-0.15, -0.1) is 0 Å². The van der Waals surface area contributed by atoms with Crippen molar-refractivity contribution in [1.29, 1.82) is 0 Å². The number of benzene rings is 2. The molecule has 0 spiro atoms. The van der Waals surface area contributed by atoms with Crippen LogP contribution in [0.25, 0.3) is 0 Å². The van der Waals surface area contributed by atoms with E-state index in [0.717, 1.165) is 0 Å². The number of para-hydroxylation sites is 1. The van der Waals surface area contributed by atoms with Gasteiger partial charge in [0, 0.05) is 16.9 Å². The Morgan fingerprint density at radius 3 is 2.56 bits per heavy atom. The summed E-state index contributed by atoms with van der Waals surface area (Å²) in [5.41, 5.74) is 0.930. The highest BCUT2D eigenvalue weighted by atomic mass is 35.5. The van der Waals surface area contributed by atoms with E-state index in [1.165, 1.54) is 11.1 Å². The van der Waals surface area contributed by atoms with Gasteiger partial charge in [0.25, 0.3) is 11.8 Å². The van der Waals surface area contributed by atoms with Gasteiger partial charge in [0.1, 0.15) is 5.57 Å². The highest BCUT2D eigenvalue weighted by Crippen LogP contribution is 2.28. The molecule has 1 saturated heterocycles. The molecule has 25 heavy (non-hydrogen) atoms. The van der Waals surface area contributed by atoms with Crippen molar-refractivity contribution in [2.24, 2.45) is 0 Å². The molecule has 3 rings (SSSR count). The van der Waals surface area contributed by atoms with Crippen LogP contribution in [0.5, 0.6) is 0 Å². The lowest BCUT2D eigenvalue weighted by Gasteiger charge is -2.29. The number of hydrogen-bond acceptors (Lipinski definition) is 4. The Morgan fingerprint density at radius 2 is 1.84 bits per heavy atom. The molecule has 0 bridgehead atoms. The molecule has 2 aromatic carbocycles. The fourth-order valence-electron chi connectivity index (χ4n) is 2.24. The Morgan fingerprint density at radius 1 is 1.08 bits per heavy atom. The van der Waals surface area contributed by atoms with Crippen molar-refractivity contribution in [3.63, 3.8) is 0 Å². The van der Waals surface area contributed by atoms with Crippen LogP contribution in [-0.4, -0.2) is 16.9 Å². The predicted molar refractivity (Wildman–Crippen MR) is 103 cm³/mol. The number of anilines is 2. The summed E-state index contributed by atoms with van der Waals surface area (Å²) in [6, 6.07) is 13.6. The maximum atomic E-state index is 12.8. The van der Waals surface area contributed by atoms with E-state index in [1.807, 2.05) is 0 Å². The predicted octanol–water partition coefficient (Wildman–Crippen LogP) is 3.74. The van der Waals surface area contributed by atoms with E-state index in [4.69, 9.17) is 35.4 Å². The van der Waals surface area contributed by atoms with Crippen LogP contribution in [0.1, 0.15) is 0 Å². The maximum Gasteiger partial charge on any atom is 0.271 e. The van der Waals surface area contributed by atoms with E-state index in [0.29, 0.717) is 21.4 Å². The number of thiocarbonyl (C=S) groups is 1. The van der Waals surface area contributed by atoms with E-state index >= 15 is 0 Å². The first kappa shape index (κ1) is 17.4. The topological polar surface area (TPSA) is 61.4 Å². The zero-order valence-electron chi connectivity index (χ0n) is 12.6. The third-order valence-electron chi connectivity index (χ3n) is 3.40. The van der Waals surface area contributed by atoms with E-state index in [1.54, 1.807) is 48.5 Å². The summed E-state index contributed by atoms with van der Waals surface area (Å²) < 4.78 is 0. The van der Waals surface area contributed by atoms with Gasteiger partial charge in [0.2, 0.25) is 0 Å². The standard InChI is InChI=1S/C17H11Cl2N3O2S/c18-10-4-3-5-11(8-10)20-9-12-15(23)21-17(25)22(16(12)24)14-7-2-1-6-13(14)19/h1-9,20H,(H,21,23,25). The van der Waals surface area contributed by atoms with Gasteiger partial charge in [-0.05, 0) is 42.5 Å². The Hall–Kier alpha value is -2.41. The van der Waals surface area contributed by atoms with Gasteiger partial charge in [0.15, 0.2) is 5.11 Å². The summed E-state index contributed by atoms with van der Waals surface area (Å²) in [6.45, 7) is 0. The lowest BCUT2D eigenvalue weighted by atomic mass is 10.1. The molecule has 0 unspecified atom stereocenters. The van der Waals surface area contributed by atoms with Gasteiger partial charge < -0.3 is 5.32 Å². The van der Waals surface area contributed by atoms with Crippen LogP contribution >= 0.6 is 35.4 Å². The fourth-order valence-corrected chi connectivity index (χ4v) is 2.93. The highest BCUT2D eigenvalue weighted by molar-refractivity contribution is 7.80. The molecule has 1 aliphatic heterocycles. The zero-order chi connectivity index (χ0) is 18.0. The first-order valence-electron chi connectivity index (χ1n) is 7.14. The van der Waals surface area contributed by atoms with Gasteiger partial charge in [-0.2, -0.15) is 0 Å². The molecular weight excluding hydrogens is 381 g/mol. The number of nitrogens with zero attached hydrogens (tertiary/aromatic N) is 1. The minimum absolute atomic E-state index is 0.0250. The number of amides is 2. The van der Waals surface area contributed by atoms with Crippen molar-refractivity contribution in [1.82, 2.24) is 5.32 Å². The molecule has 0 aliphatic carbocycles. The number of hydrogen-bond donors (Lipinski definition) is 2. The summed E-state index contributed by atoms with van der Waals surface area (Å²) in [6.07, 6.45) is 1.31. The Bertz CT molecular complexity index is 914. The molecule has 2 aromatic rings. The number of halogens is 2. The first-order valence-corrected chi connectivity index (χ1v) is 8.30. The van der Waals surface area contributed by atoms with Crippen LogP contribution in [0.15, 0.2) is 60.3 Å². The summed E-state index contributed by atoms with van der Waals surface area (Å²) in [4.78, 5) is 26.1. The normalized spacial score (nSPS) is 16.2. The van der Waals surface area contributed by atoms with Crippen molar-refractivity contribution < 1.29 is 9.59 Å². The molecule has 5 nitrogen and oxygen atoms in total. The Kier molecular flexibility index (Phi) is 5.03. The van der Waals surface area contributed by atoms with Crippen molar-refractivity contribution in [2.45, 2.75) is 0 Å². The lowest BCUT2D eigenvalue weighted by molar-refractivity contribution is -0.122.